The Balaban J connectivity index is 1.67. The lowest BCUT2D eigenvalue weighted by Gasteiger charge is -2.05. The lowest BCUT2D eigenvalue weighted by molar-refractivity contribution is 0.663. The Kier molecular flexibility index (Phi) is 3.82. The fraction of sp³-hybridized carbons (Fsp3) is 0.143. The Bertz CT molecular complexity index is 779. The summed E-state index contributed by atoms with van der Waals surface area (Å²) in [5.74, 6) is 0.648. The standard InChI is InChI=1S/C14H12ClN3OS/c15-10-3-1-9(2-4-10)7-16-8-12-17-11-5-6-20-13(11)14(19)18-12/h1-6,16H,7-8H2,(H,17,18,19). The summed E-state index contributed by atoms with van der Waals surface area (Å²) in [4.78, 5) is 19.0. The number of thiophene rings is 1. The maximum Gasteiger partial charge on any atom is 0.268 e. The molecule has 3 rings (SSSR count). The first-order valence-electron chi connectivity index (χ1n) is 6.14. The Labute approximate surface area is 124 Å². The Hall–Kier alpha value is -1.69. The number of H-pyrrole nitrogens is 1. The van der Waals surface area contributed by atoms with Crippen molar-refractivity contribution in [2.24, 2.45) is 0 Å². The molecular weight excluding hydrogens is 294 g/mol. The molecule has 20 heavy (non-hydrogen) atoms. The molecule has 0 aliphatic rings. The van der Waals surface area contributed by atoms with E-state index in [1.54, 1.807) is 0 Å². The van der Waals surface area contributed by atoms with Crippen molar-refractivity contribution in [2.45, 2.75) is 13.1 Å². The van der Waals surface area contributed by atoms with Crippen LogP contribution in [0.4, 0.5) is 0 Å². The predicted molar refractivity (Wildman–Crippen MR) is 82.2 cm³/mol. The largest absolute Gasteiger partial charge is 0.308 e. The number of fused-ring (bicyclic) bond motifs is 1. The van der Waals surface area contributed by atoms with Gasteiger partial charge in [-0.3, -0.25) is 4.79 Å². The van der Waals surface area contributed by atoms with Gasteiger partial charge in [-0.05, 0) is 29.1 Å². The maximum absolute atomic E-state index is 11.8. The van der Waals surface area contributed by atoms with E-state index in [4.69, 9.17) is 11.6 Å². The third-order valence-corrected chi connectivity index (χ3v) is 4.05. The van der Waals surface area contributed by atoms with Gasteiger partial charge in [0, 0.05) is 11.6 Å². The highest BCUT2D eigenvalue weighted by Crippen LogP contribution is 2.13. The van der Waals surface area contributed by atoms with E-state index in [9.17, 15) is 4.79 Å². The molecule has 0 atom stereocenters. The number of nitrogens with one attached hydrogen (secondary N) is 2. The molecule has 1 aromatic carbocycles. The van der Waals surface area contributed by atoms with Gasteiger partial charge in [-0.1, -0.05) is 23.7 Å². The summed E-state index contributed by atoms with van der Waals surface area (Å²) < 4.78 is 0.673. The van der Waals surface area contributed by atoms with E-state index in [0.29, 0.717) is 23.6 Å². The number of aromatic amines is 1. The first-order chi connectivity index (χ1) is 9.72. The van der Waals surface area contributed by atoms with Crippen molar-refractivity contribution in [1.82, 2.24) is 15.3 Å². The zero-order chi connectivity index (χ0) is 13.9. The second-order valence-electron chi connectivity index (χ2n) is 4.38. The Morgan fingerprint density at radius 1 is 1.20 bits per heavy atom. The lowest BCUT2D eigenvalue weighted by Crippen LogP contribution is -2.18. The predicted octanol–water partition coefficient (Wildman–Crippen LogP) is 2.93. The van der Waals surface area contributed by atoms with E-state index >= 15 is 0 Å². The highest BCUT2D eigenvalue weighted by atomic mass is 35.5. The number of rotatable bonds is 4. The van der Waals surface area contributed by atoms with E-state index in [1.807, 2.05) is 35.7 Å². The van der Waals surface area contributed by atoms with Gasteiger partial charge in [-0.25, -0.2) is 4.98 Å². The minimum absolute atomic E-state index is 0.0757. The zero-order valence-electron chi connectivity index (χ0n) is 10.5. The van der Waals surface area contributed by atoms with Gasteiger partial charge in [0.15, 0.2) is 0 Å². The molecule has 2 aromatic heterocycles. The van der Waals surface area contributed by atoms with Crippen LogP contribution in [0.2, 0.25) is 5.02 Å². The summed E-state index contributed by atoms with van der Waals surface area (Å²) in [7, 11) is 0. The van der Waals surface area contributed by atoms with Crippen LogP contribution in [0.25, 0.3) is 10.2 Å². The summed E-state index contributed by atoms with van der Waals surface area (Å²) >= 11 is 7.24. The molecule has 102 valence electrons. The van der Waals surface area contributed by atoms with Crippen molar-refractivity contribution >= 4 is 33.2 Å². The smallest absolute Gasteiger partial charge is 0.268 e. The van der Waals surface area contributed by atoms with Crippen LogP contribution >= 0.6 is 22.9 Å². The molecule has 3 aromatic rings. The molecular formula is C14H12ClN3OS. The number of nitrogens with zero attached hydrogens (tertiary/aromatic N) is 1. The second-order valence-corrected chi connectivity index (χ2v) is 5.73. The SMILES string of the molecule is O=c1[nH]c(CNCc2ccc(Cl)cc2)nc2ccsc12. The van der Waals surface area contributed by atoms with Crippen LogP contribution in [-0.4, -0.2) is 9.97 Å². The van der Waals surface area contributed by atoms with E-state index in [0.717, 1.165) is 16.1 Å². The molecule has 0 saturated carbocycles. The molecule has 0 saturated heterocycles. The summed E-state index contributed by atoms with van der Waals surface area (Å²) in [6.07, 6.45) is 0. The number of hydrogen-bond donors (Lipinski definition) is 2. The van der Waals surface area contributed by atoms with Crippen molar-refractivity contribution in [3.8, 4) is 0 Å². The monoisotopic (exact) mass is 305 g/mol. The third-order valence-electron chi connectivity index (χ3n) is 2.90. The van der Waals surface area contributed by atoms with E-state index in [2.05, 4.69) is 15.3 Å². The summed E-state index contributed by atoms with van der Waals surface area (Å²) in [6, 6.07) is 9.51. The fourth-order valence-corrected chi connectivity index (χ4v) is 2.78. The molecule has 4 nitrogen and oxygen atoms in total. The average molecular weight is 306 g/mol. The molecule has 2 N–H and O–H groups in total. The van der Waals surface area contributed by atoms with Crippen LogP contribution in [0.3, 0.4) is 0 Å². The number of aromatic nitrogens is 2. The summed E-state index contributed by atoms with van der Waals surface area (Å²) in [5, 5.41) is 5.85. The average Bonchev–Trinajstić information content (AvgIpc) is 2.90. The van der Waals surface area contributed by atoms with Crippen LogP contribution in [0.1, 0.15) is 11.4 Å². The van der Waals surface area contributed by atoms with Crippen molar-refractivity contribution in [2.75, 3.05) is 0 Å². The van der Waals surface area contributed by atoms with E-state index in [-0.39, 0.29) is 5.56 Å². The van der Waals surface area contributed by atoms with Crippen LogP contribution in [0.15, 0.2) is 40.5 Å². The van der Waals surface area contributed by atoms with Gasteiger partial charge in [-0.15, -0.1) is 11.3 Å². The molecule has 0 amide bonds. The molecule has 0 radical (unpaired) electrons. The molecule has 0 aliphatic heterocycles. The Morgan fingerprint density at radius 2 is 2.00 bits per heavy atom. The van der Waals surface area contributed by atoms with E-state index in [1.165, 1.54) is 11.3 Å². The van der Waals surface area contributed by atoms with Gasteiger partial charge in [-0.2, -0.15) is 0 Å². The molecule has 6 heteroatoms. The minimum atomic E-state index is -0.0757. The van der Waals surface area contributed by atoms with Crippen molar-refractivity contribution in [3.63, 3.8) is 0 Å². The first-order valence-corrected chi connectivity index (χ1v) is 7.40. The molecule has 0 bridgehead atoms. The number of halogens is 1. The summed E-state index contributed by atoms with van der Waals surface area (Å²) in [5.41, 5.74) is 1.81. The first kappa shape index (κ1) is 13.3. The van der Waals surface area contributed by atoms with Gasteiger partial charge in [0.25, 0.3) is 5.56 Å². The third kappa shape index (κ3) is 2.90. The maximum atomic E-state index is 11.8. The molecule has 0 unspecified atom stereocenters. The molecule has 0 aliphatic carbocycles. The number of benzene rings is 1. The van der Waals surface area contributed by atoms with Gasteiger partial charge in [0.2, 0.25) is 0 Å². The summed E-state index contributed by atoms with van der Waals surface area (Å²) in [6.45, 7) is 1.21. The lowest BCUT2D eigenvalue weighted by atomic mass is 10.2. The van der Waals surface area contributed by atoms with Crippen LogP contribution in [0.5, 0.6) is 0 Å². The zero-order valence-corrected chi connectivity index (χ0v) is 12.1. The highest BCUT2D eigenvalue weighted by molar-refractivity contribution is 7.17. The van der Waals surface area contributed by atoms with Gasteiger partial charge in [0.05, 0.1) is 12.1 Å². The van der Waals surface area contributed by atoms with E-state index < -0.39 is 0 Å². The normalized spacial score (nSPS) is 11.1. The van der Waals surface area contributed by atoms with Crippen molar-refractivity contribution in [1.29, 1.82) is 0 Å². The minimum Gasteiger partial charge on any atom is -0.308 e. The van der Waals surface area contributed by atoms with Crippen LogP contribution in [-0.2, 0) is 13.1 Å². The topological polar surface area (TPSA) is 57.8 Å². The number of hydrogen-bond acceptors (Lipinski definition) is 4. The quantitative estimate of drug-likeness (QED) is 0.779. The molecule has 2 heterocycles. The van der Waals surface area contributed by atoms with Crippen molar-refractivity contribution in [3.05, 3.63) is 62.5 Å². The van der Waals surface area contributed by atoms with Gasteiger partial charge in [0.1, 0.15) is 10.5 Å². The second kappa shape index (κ2) is 5.75. The van der Waals surface area contributed by atoms with Crippen LogP contribution in [0, 0.1) is 0 Å². The fourth-order valence-electron chi connectivity index (χ4n) is 1.93. The molecule has 0 spiro atoms. The van der Waals surface area contributed by atoms with Crippen molar-refractivity contribution < 1.29 is 0 Å². The Morgan fingerprint density at radius 3 is 2.80 bits per heavy atom. The molecule has 0 fully saturated rings. The highest BCUT2D eigenvalue weighted by Gasteiger charge is 2.04. The van der Waals surface area contributed by atoms with Gasteiger partial charge >= 0.3 is 0 Å². The van der Waals surface area contributed by atoms with Gasteiger partial charge < -0.3 is 10.3 Å². The van der Waals surface area contributed by atoms with Crippen LogP contribution < -0.4 is 10.9 Å².